The number of carbonyl (C=O) groups is 1. The van der Waals surface area contributed by atoms with Crippen molar-refractivity contribution in [2.45, 2.75) is 13.5 Å². The number of ether oxygens (including phenoxy) is 1. The molecule has 31 heavy (non-hydrogen) atoms. The maximum Gasteiger partial charge on any atom is 0.258 e. The fourth-order valence-electron chi connectivity index (χ4n) is 3.28. The summed E-state index contributed by atoms with van der Waals surface area (Å²) >= 11 is 0. The van der Waals surface area contributed by atoms with Gasteiger partial charge in [-0.3, -0.25) is 14.5 Å². The Labute approximate surface area is 180 Å². The fraction of sp³-hybridized carbons (Fsp3) is 0.167. The molecule has 156 valence electrons. The van der Waals surface area contributed by atoms with Crippen molar-refractivity contribution in [3.8, 4) is 28.3 Å². The van der Waals surface area contributed by atoms with Crippen LogP contribution < -0.4 is 10.1 Å². The van der Waals surface area contributed by atoms with Crippen molar-refractivity contribution in [1.29, 1.82) is 0 Å². The van der Waals surface area contributed by atoms with Crippen molar-refractivity contribution < 1.29 is 9.53 Å². The average Bonchev–Trinajstić information content (AvgIpc) is 3.19. The molecule has 0 aliphatic rings. The van der Waals surface area contributed by atoms with E-state index in [2.05, 4.69) is 20.4 Å². The van der Waals surface area contributed by atoms with Crippen LogP contribution in [0.2, 0.25) is 0 Å². The van der Waals surface area contributed by atoms with Gasteiger partial charge in [-0.05, 0) is 35.7 Å². The SMILES string of the molecule is Cc1cnccc1-c1cn(C)nc1-c1ccc(CNC(=O)COc2ccccn2)cc1. The third-order valence-corrected chi connectivity index (χ3v) is 4.85. The minimum atomic E-state index is -0.199. The first-order chi connectivity index (χ1) is 15.1. The first-order valence-electron chi connectivity index (χ1n) is 9.94. The average molecular weight is 413 g/mol. The molecule has 0 unspecified atom stereocenters. The Balaban J connectivity index is 1.41. The minimum absolute atomic E-state index is 0.0717. The molecule has 3 heterocycles. The van der Waals surface area contributed by atoms with E-state index in [-0.39, 0.29) is 12.5 Å². The summed E-state index contributed by atoms with van der Waals surface area (Å²) in [7, 11) is 1.92. The van der Waals surface area contributed by atoms with Crippen LogP contribution >= 0.6 is 0 Å². The maximum atomic E-state index is 12.0. The van der Waals surface area contributed by atoms with Crippen LogP contribution in [0.1, 0.15) is 11.1 Å². The van der Waals surface area contributed by atoms with Crippen molar-refractivity contribution >= 4 is 5.91 Å². The summed E-state index contributed by atoms with van der Waals surface area (Å²) in [6.07, 6.45) is 7.29. The molecule has 0 saturated carbocycles. The number of rotatable bonds is 7. The van der Waals surface area contributed by atoms with E-state index in [1.807, 2.05) is 67.4 Å². The van der Waals surface area contributed by atoms with Crippen molar-refractivity contribution in [2.75, 3.05) is 6.61 Å². The van der Waals surface area contributed by atoms with Crippen LogP contribution in [0.15, 0.2) is 73.3 Å². The van der Waals surface area contributed by atoms with Crippen LogP contribution in [0.5, 0.6) is 5.88 Å². The number of benzene rings is 1. The third-order valence-electron chi connectivity index (χ3n) is 4.85. The molecule has 3 aromatic heterocycles. The van der Waals surface area contributed by atoms with E-state index in [9.17, 15) is 4.79 Å². The molecular weight excluding hydrogens is 390 g/mol. The normalized spacial score (nSPS) is 10.6. The van der Waals surface area contributed by atoms with Gasteiger partial charge < -0.3 is 10.1 Å². The van der Waals surface area contributed by atoms with Gasteiger partial charge in [-0.15, -0.1) is 0 Å². The topological polar surface area (TPSA) is 81.9 Å². The van der Waals surface area contributed by atoms with Crippen molar-refractivity contribution in [3.63, 3.8) is 0 Å². The summed E-state index contributed by atoms with van der Waals surface area (Å²) in [5, 5.41) is 7.52. The van der Waals surface area contributed by atoms with Crippen LogP contribution in [0.3, 0.4) is 0 Å². The summed E-state index contributed by atoms with van der Waals surface area (Å²) in [4.78, 5) is 20.2. The molecule has 4 aromatic rings. The predicted molar refractivity (Wildman–Crippen MR) is 118 cm³/mol. The van der Waals surface area contributed by atoms with Gasteiger partial charge in [0.1, 0.15) is 5.69 Å². The molecule has 7 nitrogen and oxygen atoms in total. The molecule has 0 spiro atoms. The largest absolute Gasteiger partial charge is 0.468 e. The van der Waals surface area contributed by atoms with Gasteiger partial charge in [0, 0.05) is 55.6 Å². The number of amides is 1. The van der Waals surface area contributed by atoms with Crippen LogP contribution in [-0.4, -0.2) is 32.3 Å². The molecule has 1 N–H and O–H groups in total. The molecule has 0 saturated heterocycles. The summed E-state index contributed by atoms with van der Waals surface area (Å²) in [5.74, 6) is 0.229. The second kappa shape index (κ2) is 9.21. The van der Waals surface area contributed by atoms with E-state index < -0.39 is 0 Å². The molecule has 1 aromatic carbocycles. The van der Waals surface area contributed by atoms with Crippen LogP contribution in [0.4, 0.5) is 0 Å². The Bertz CT molecular complexity index is 1170. The highest BCUT2D eigenvalue weighted by atomic mass is 16.5. The van der Waals surface area contributed by atoms with E-state index in [0.29, 0.717) is 12.4 Å². The smallest absolute Gasteiger partial charge is 0.258 e. The zero-order valence-corrected chi connectivity index (χ0v) is 17.4. The summed E-state index contributed by atoms with van der Waals surface area (Å²) in [6.45, 7) is 2.39. The molecule has 7 heteroatoms. The highest BCUT2D eigenvalue weighted by Crippen LogP contribution is 2.32. The van der Waals surface area contributed by atoms with Crippen molar-refractivity contribution in [2.24, 2.45) is 7.05 Å². The van der Waals surface area contributed by atoms with E-state index in [1.165, 1.54) is 0 Å². The second-order valence-corrected chi connectivity index (χ2v) is 7.19. The molecule has 0 bridgehead atoms. The highest BCUT2D eigenvalue weighted by Gasteiger charge is 2.14. The molecule has 0 radical (unpaired) electrons. The zero-order valence-electron chi connectivity index (χ0n) is 17.4. The monoisotopic (exact) mass is 413 g/mol. The Morgan fingerprint density at radius 3 is 2.65 bits per heavy atom. The third kappa shape index (κ3) is 4.95. The van der Waals surface area contributed by atoms with Crippen LogP contribution in [0, 0.1) is 6.92 Å². The Morgan fingerprint density at radius 1 is 1.06 bits per heavy atom. The molecule has 1 amide bonds. The lowest BCUT2D eigenvalue weighted by atomic mass is 9.99. The summed E-state index contributed by atoms with van der Waals surface area (Å²) in [5.41, 5.74) is 6.20. The minimum Gasteiger partial charge on any atom is -0.468 e. The number of aromatic nitrogens is 4. The number of hydrogen-bond acceptors (Lipinski definition) is 5. The number of carbonyl (C=O) groups excluding carboxylic acids is 1. The Morgan fingerprint density at radius 2 is 1.90 bits per heavy atom. The van der Waals surface area contributed by atoms with E-state index in [0.717, 1.165) is 33.5 Å². The molecule has 0 aliphatic carbocycles. The van der Waals surface area contributed by atoms with E-state index >= 15 is 0 Å². The summed E-state index contributed by atoms with van der Waals surface area (Å²) in [6, 6.07) is 15.4. The molecule has 4 rings (SSSR count). The van der Waals surface area contributed by atoms with E-state index in [1.54, 1.807) is 24.5 Å². The van der Waals surface area contributed by atoms with Crippen molar-refractivity contribution in [3.05, 3.63) is 84.4 Å². The van der Waals surface area contributed by atoms with E-state index in [4.69, 9.17) is 4.74 Å². The lowest BCUT2D eigenvalue weighted by molar-refractivity contribution is -0.123. The van der Waals surface area contributed by atoms with Crippen LogP contribution in [-0.2, 0) is 18.4 Å². The lowest BCUT2D eigenvalue weighted by Crippen LogP contribution is -2.28. The van der Waals surface area contributed by atoms with Gasteiger partial charge in [-0.1, -0.05) is 30.3 Å². The lowest BCUT2D eigenvalue weighted by Gasteiger charge is -2.08. The highest BCUT2D eigenvalue weighted by molar-refractivity contribution is 5.82. The first-order valence-corrected chi connectivity index (χ1v) is 9.94. The van der Waals surface area contributed by atoms with Gasteiger partial charge in [-0.25, -0.2) is 4.98 Å². The number of aryl methyl sites for hydroxylation is 2. The maximum absolute atomic E-state index is 12.0. The Kier molecular flexibility index (Phi) is 6.03. The molecule has 0 atom stereocenters. The molecular formula is C24H23N5O2. The molecule has 0 aliphatic heterocycles. The number of pyridine rings is 2. The zero-order chi connectivity index (χ0) is 21.6. The number of hydrogen-bond donors (Lipinski definition) is 1. The van der Waals surface area contributed by atoms with Crippen LogP contribution in [0.25, 0.3) is 22.4 Å². The standard InChI is InChI=1S/C24H23N5O2/c1-17-13-25-12-10-20(17)21-15-29(2)28-24(21)19-8-6-18(7-9-19)14-27-22(30)16-31-23-5-3-4-11-26-23/h3-13,15H,14,16H2,1-2H3,(H,27,30). The number of nitrogens with one attached hydrogen (secondary N) is 1. The predicted octanol–water partition coefficient (Wildman–Crippen LogP) is 3.55. The van der Waals surface area contributed by atoms with Gasteiger partial charge in [0.05, 0.1) is 0 Å². The first kappa shape index (κ1) is 20.3. The van der Waals surface area contributed by atoms with Gasteiger partial charge in [0.25, 0.3) is 5.91 Å². The van der Waals surface area contributed by atoms with Gasteiger partial charge in [0.2, 0.25) is 5.88 Å². The molecule has 0 fully saturated rings. The number of nitrogens with zero attached hydrogens (tertiary/aromatic N) is 4. The fourth-order valence-corrected chi connectivity index (χ4v) is 3.28. The van der Waals surface area contributed by atoms with Crippen molar-refractivity contribution in [1.82, 2.24) is 25.1 Å². The summed E-state index contributed by atoms with van der Waals surface area (Å²) < 4.78 is 7.18. The Hall–Kier alpha value is -4.00. The van der Waals surface area contributed by atoms with Gasteiger partial charge in [0.15, 0.2) is 6.61 Å². The quantitative estimate of drug-likeness (QED) is 0.501. The second-order valence-electron chi connectivity index (χ2n) is 7.19. The van der Waals surface area contributed by atoms with Gasteiger partial charge in [-0.2, -0.15) is 5.10 Å². The van der Waals surface area contributed by atoms with Gasteiger partial charge >= 0.3 is 0 Å².